The monoisotopic (exact) mass is 255 g/mol. The van der Waals surface area contributed by atoms with E-state index in [4.69, 9.17) is 4.99 Å². The van der Waals surface area contributed by atoms with Crippen LogP contribution in [0.3, 0.4) is 0 Å². The summed E-state index contributed by atoms with van der Waals surface area (Å²) in [7, 11) is 0. The summed E-state index contributed by atoms with van der Waals surface area (Å²) < 4.78 is 0. The van der Waals surface area contributed by atoms with Gasteiger partial charge in [-0.1, -0.05) is 65.3 Å². The highest BCUT2D eigenvalue weighted by atomic mass is 14.7. The van der Waals surface area contributed by atoms with Gasteiger partial charge in [0.2, 0.25) is 0 Å². The van der Waals surface area contributed by atoms with Crippen LogP contribution in [0.5, 0.6) is 0 Å². The number of hydrogen-bond donors (Lipinski definition) is 0. The fourth-order valence-electron chi connectivity index (χ4n) is 2.60. The Morgan fingerprint density at radius 3 is 2.11 bits per heavy atom. The lowest BCUT2D eigenvalue weighted by atomic mass is 9.73. The second-order valence-electron chi connectivity index (χ2n) is 7.46. The zero-order valence-corrected chi connectivity index (χ0v) is 13.0. The lowest BCUT2D eigenvalue weighted by Gasteiger charge is -2.31. The summed E-state index contributed by atoms with van der Waals surface area (Å²) >= 11 is 0. The standard InChI is InChI=1S/C18H25N/c1-17(2,3)14-11-13-9-7-8-10-16(13)19-12-15(14)18(4,5)6/h7-10,12H,11H2,1-6H3. The molecule has 0 aliphatic carbocycles. The molecular weight excluding hydrogens is 230 g/mol. The minimum atomic E-state index is 0.133. The maximum Gasteiger partial charge on any atom is 0.0664 e. The number of hydrogen-bond acceptors (Lipinski definition) is 1. The average molecular weight is 255 g/mol. The Morgan fingerprint density at radius 2 is 1.53 bits per heavy atom. The molecule has 1 heterocycles. The molecule has 0 atom stereocenters. The van der Waals surface area contributed by atoms with Crippen molar-refractivity contribution >= 4 is 11.9 Å². The summed E-state index contributed by atoms with van der Waals surface area (Å²) in [6.07, 6.45) is 3.10. The molecule has 1 nitrogen and oxygen atoms in total. The van der Waals surface area contributed by atoms with Crippen molar-refractivity contribution in [2.45, 2.75) is 48.0 Å². The van der Waals surface area contributed by atoms with E-state index in [0.29, 0.717) is 0 Å². The van der Waals surface area contributed by atoms with Crippen molar-refractivity contribution < 1.29 is 0 Å². The molecule has 1 aromatic rings. The van der Waals surface area contributed by atoms with Crippen molar-refractivity contribution in [1.29, 1.82) is 0 Å². The maximum atomic E-state index is 4.72. The Kier molecular flexibility index (Phi) is 3.42. The minimum absolute atomic E-state index is 0.133. The summed E-state index contributed by atoms with van der Waals surface area (Å²) in [6, 6.07) is 8.48. The number of allylic oxidation sites excluding steroid dienone is 2. The largest absolute Gasteiger partial charge is 0.256 e. The van der Waals surface area contributed by atoms with Crippen molar-refractivity contribution in [3.63, 3.8) is 0 Å². The molecule has 1 aromatic carbocycles. The molecule has 2 rings (SSSR count). The Hall–Kier alpha value is -1.37. The van der Waals surface area contributed by atoms with Gasteiger partial charge in [-0.2, -0.15) is 0 Å². The third kappa shape index (κ3) is 2.97. The Bertz CT molecular complexity index is 534. The zero-order chi connectivity index (χ0) is 14.3. The molecule has 0 N–H and O–H groups in total. The second-order valence-corrected chi connectivity index (χ2v) is 7.46. The molecule has 1 aliphatic heterocycles. The van der Waals surface area contributed by atoms with Gasteiger partial charge < -0.3 is 0 Å². The molecule has 0 fully saturated rings. The number of benzene rings is 1. The van der Waals surface area contributed by atoms with Crippen LogP contribution in [0.2, 0.25) is 0 Å². The summed E-state index contributed by atoms with van der Waals surface area (Å²) in [5, 5.41) is 0. The molecule has 0 bridgehead atoms. The van der Waals surface area contributed by atoms with E-state index in [0.717, 1.165) is 12.1 Å². The maximum absolute atomic E-state index is 4.72. The molecule has 0 saturated heterocycles. The van der Waals surface area contributed by atoms with Crippen LogP contribution in [0.15, 0.2) is 40.4 Å². The summed E-state index contributed by atoms with van der Waals surface area (Å²) in [5.74, 6) is 0. The first-order chi connectivity index (χ1) is 8.69. The fourth-order valence-corrected chi connectivity index (χ4v) is 2.60. The predicted molar refractivity (Wildman–Crippen MR) is 84.2 cm³/mol. The van der Waals surface area contributed by atoms with Gasteiger partial charge in [0.25, 0.3) is 0 Å². The SMILES string of the molecule is CC(C)(C)C1=C(C(C)(C)C)Cc2ccccc2N=C1. The van der Waals surface area contributed by atoms with Gasteiger partial charge >= 0.3 is 0 Å². The van der Waals surface area contributed by atoms with Gasteiger partial charge in [-0.05, 0) is 34.5 Å². The van der Waals surface area contributed by atoms with E-state index >= 15 is 0 Å². The van der Waals surface area contributed by atoms with Crippen LogP contribution in [0.1, 0.15) is 47.1 Å². The van der Waals surface area contributed by atoms with Gasteiger partial charge in [0.05, 0.1) is 5.69 Å². The van der Waals surface area contributed by atoms with Crippen LogP contribution in [0, 0.1) is 10.8 Å². The van der Waals surface area contributed by atoms with E-state index in [1.54, 1.807) is 0 Å². The molecule has 1 aliphatic rings. The molecule has 102 valence electrons. The van der Waals surface area contributed by atoms with Crippen molar-refractivity contribution in [3.05, 3.63) is 41.0 Å². The predicted octanol–water partition coefficient (Wildman–Crippen LogP) is 5.33. The van der Waals surface area contributed by atoms with Crippen LogP contribution in [0.4, 0.5) is 5.69 Å². The Labute approximate surface area is 117 Å². The van der Waals surface area contributed by atoms with Crippen molar-refractivity contribution in [3.8, 4) is 0 Å². The summed E-state index contributed by atoms with van der Waals surface area (Å²) in [4.78, 5) is 4.72. The van der Waals surface area contributed by atoms with Crippen LogP contribution >= 0.6 is 0 Å². The minimum Gasteiger partial charge on any atom is -0.256 e. The third-order valence-corrected chi connectivity index (χ3v) is 3.73. The number of aliphatic imine (C=N–C) groups is 1. The van der Waals surface area contributed by atoms with E-state index < -0.39 is 0 Å². The van der Waals surface area contributed by atoms with Gasteiger partial charge in [-0.15, -0.1) is 0 Å². The van der Waals surface area contributed by atoms with Crippen LogP contribution < -0.4 is 0 Å². The Morgan fingerprint density at radius 1 is 0.895 bits per heavy atom. The molecule has 0 saturated carbocycles. The zero-order valence-electron chi connectivity index (χ0n) is 13.0. The lowest BCUT2D eigenvalue weighted by Crippen LogP contribution is -2.21. The van der Waals surface area contributed by atoms with Crippen LogP contribution in [0.25, 0.3) is 0 Å². The van der Waals surface area contributed by atoms with Crippen molar-refractivity contribution in [2.75, 3.05) is 0 Å². The molecule has 19 heavy (non-hydrogen) atoms. The fraction of sp³-hybridized carbons (Fsp3) is 0.500. The summed E-state index contributed by atoms with van der Waals surface area (Å²) in [6.45, 7) is 13.7. The molecule has 1 heteroatoms. The van der Waals surface area contributed by atoms with Gasteiger partial charge in [0.1, 0.15) is 0 Å². The van der Waals surface area contributed by atoms with Crippen LogP contribution in [-0.2, 0) is 6.42 Å². The van der Waals surface area contributed by atoms with Crippen LogP contribution in [-0.4, -0.2) is 6.21 Å². The van der Waals surface area contributed by atoms with Crippen molar-refractivity contribution in [1.82, 2.24) is 0 Å². The first-order valence-corrected chi connectivity index (χ1v) is 7.05. The number of nitrogens with zero attached hydrogens (tertiary/aromatic N) is 1. The normalized spacial score (nSPS) is 16.3. The third-order valence-electron chi connectivity index (χ3n) is 3.73. The Balaban J connectivity index is 2.62. The van der Waals surface area contributed by atoms with Gasteiger partial charge in [-0.3, -0.25) is 4.99 Å². The van der Waals surface area contributed by atoms with E-state index in [9.17, 15) is 0 Å². The number of fused-ring (bicyclic) bond motifs is 1. The quantitative estimate of drug-likeness (QED) is 0.594. The molecule has 0 amide bonds. The van der Waals surface area contributed by atoms with Gasteiger partial charge in [-0.25, -0.2) is 0 Å². The first kappa shape index (κ1) is 14.0. The lowest BCUT2D eigenvalue weighted by molar-refractivity contribution is 0.451. The summed E-state index contributed by atoms with van der Waals surface area (Å²) in [5.41, 5.74) is 5.65. The molecule has 0 radical (unpaired) electrons. The first-order valence-electron chi connectivity index (χ1n) is 7.05. The van der Waals surface area contributed by atoms with E-state index in [-0.39, 0.29) is 10.8 Å². The average Bonchev–Trinajstić information content (AvgIpc) is 2.46. The van der Waals surface area contributed by atoms with Gasteiger partial charge in [0, 0.05) is 6.21 Å². The molecule has 0 unspecified atom stereocenters. The van der Waals surface area contributed by atoms with Crippen molar-refractivity contribution in [2.24, 2.45) is 15.8 Å². The second kappa shape index (κ2) is 4.63. The highest BCUT2D eigenvalue weighted by molar-refractivity contribution is 5.85. The van der Waals surface area contributed by atoms with E-state index in [2.05, 4.69) is 72.0 Å². The highest BCUT2D eigenvalue weighted by Gasteiger charge is 2.28. The van der Waals surface area contributed by atoms with E-state index in [1.165, 1.54) is 16.7 Å². The van der Waals surface area contributed by atoms with Gasteiger partial charge in [0.15, 0.2) is 0 Å². The smallest absolute Gasteiger partial charge is 0.0664 e. The number of rotatable bonds is 0. The number of para-hydroxylation sites is 1. The molecular formula is C18H25N. The molecule has 0 spiro atoms. The topological polar surface area (TPSA) is 12.4 Å². The molecule has 0 aromatic heterocycles. The van der Waals surface area contributed by atoms with E-state index in [1.807, 2.05) is 0 Å². The highest BCUT2D eigenvalue weighted by Crippen LogP contribution is 2.40.